The first-order chi connectivity index (χ1) is 16.0. The van der Waals surface area contributed by atoms with Crippen molar-refractivity contribution in [3.05, 3.63) is 88.0 Å². The van der Waals surface area contributed by atoms with Gasteiger partial charge in [0.15, 0.2) is 0 Å². The van der Waals surface area contributed by atoms with Gasteiger partial charge in [0.1, 0.15) is 10.6 Å². The molecule has 0 bridgehead atoms. The van der Waals surface area contributed by atoms with Crippen molar-refractivity contribution in [2.24, 2.45) is 5.10 Å². The van der Waals surface area contributed by atoms with Gasteiger partial charge in [-0.2, -0.15) is 18.3 Å². The molecule has 13 heteroatoms. The van der Waals surface area contributed by atoms with E-state index < -0.39 is 37.3 Å². The molecule has 0 amide bonds. The number of nitrogens with one attached hydrogen (secondary N) is 2. The van der Waals surface area contributed by atoms with Crippen molar-refractivity contribution in [1.82, 2.24) is 0 Å². The number of non-ortho nitro benzene ring substituents is 1. The van der Waals surface area contributed by atoms with Gasteiger partial charge in [-0.05, 0) is 35.9 Å². The zero-order valence-corrected chi connectivity index (χ0v) is 18.2. The molecule has 0 fully saturated rings. The maximum absolute atomic E-state index is 13.0. The van der Waals surface area contributed by atoms with Crippen LogP contribution in [0.4, 0.5) is 30.2 Å². The Morgan fingerprint density at radius 2 is 1.71 bits per heavy atom. The van der Waals surface area contributed by atoms with Crippen LogP contribution in [-0.4, -0.2) is 26.7 Å². The molecule has 0 unspecified atom stereocenters. The number of anilines is 2. The highest BCUT2D eigenvalue weighted by Crippen LogP contribution is 2.31. The number of methoxy groups -OCH3 is 1. The third kappa shape index (κ3) is 5.81. The fourth-order valence-corrected chi connectivity index (χ4v) is 4.05. The molecule has 0 aliphatic rings. The van der Waals surface area contributed by atoms with E-state index in [0.29, 0.717) is 5.56 Å². The molecule has 0 radical (unpaired) electrons. The molecule has 0 aliphatic heterocycles. The number of nitro benzene ring substituents is 1. The molecular formula is C21H17F3N4O5S. The predicted octanol–water partition coefficient (Wildman–Crippen LogP) is 4.87. The fraction of sp³-hybridized carbons (Fsp3) is 0.0952. The van der Waals surface area contributed by atoms with Crippen molar-refractivity contribution in [2.75, 3.05) is 17.3 Å². The number of halogens is 3. The molecule has 178 valence electrons. The normalized spacial score (nSPS) is 11.9. The summed E-state index contributed by atoms with van der Waals surface area (Å²) >= 11 is 0. The lowest BCUT2D eigenvalue weighted by molar-refractivity contribution is -0.385. The Morgan fingerprint density at radius 3 is 2.32 bits per heavy atom. The summed E-state index contributed by atoms with van der Waals surface area (Å²) in [7, 11) is -2.99. The molecule has 0 aliphatic carbocycles. The van der Waals surface area contributed by atoms with Crippen LogP contribution in [0.15, 0.2) is 76.7 Å². The maximum atomic E-state index is 13.0. The second kappa shape index (κ2) is 9.79. The largest absolute Gasteiger partial charge is 0.495 e. The van der Waals surface area contributed by atoms with E-state index in [0.717, 1.165) is 30.3 Å². The van der Waals surface area contributed by atoms with Crippen LogP contribution in [0.25, 0.3) is 0 Å². The van der Waals surface area contributed by atoms with Crippen molar-refractivity contribution in [2.45, 2.75) is 11.1 Å². The van der Waals surface area contributed by atoms with Crippen molar-refractivity contribution < 1.29 is 31.2 Å². The summed E-state index contributed by atoms with van der Waals surface area (Å²) in [5.74, 6) is 0.228. The number of nitrogens with zero attached hydrogens (tertiary/aromatic N) is 2. The van der Waals surface area contributed by atoms with Gasteiger partial charge in [-0.1, -0.05) is 24.3 Å². The molecule has 0 saturated heterocycles. The smallest absolute Gasteiger partial charge is 0.416 e. The average Bonchev–Trinajstić information content (AvgIpc) is 2.79. The molecule has 0 saturated carbocycles. The summed E-state index contributed by atoms with van der Waals surface area (Å²) in [6.07, 6.45) is -3.31. The first kappa shape index (κ1) is 24.5. The van der Waals surface area contributed by atoms with Crippen LogP contribution in [0.5, 0.6) is 5.75 Å². The average molecular weight is 494 g/mol. The molecule has 34 heavy (non-hydrogen) atoms. The van der Waals surface area contributed by atoms with Crippen LogP contribution in [0, 0.1) is 10.1 Å². The number of para-hydroxylation sites is 2. The van der Waals surface area contributed by atoms with E-state index in [9.17, 15) is 31.7 Å². The minimum Gasteiger partial charge on any atom is -0.495 e. The number of rotatable bonds is 8. The summed E-state index contributed by atoms with van der Waals surface area (Å²) in [6.45, 7) is 0. The van der Waals surface area contributed by atoms with Crippen LogP contribution in [-0.2, 0) is 16.2 Å². The second-order valence-corrected chi connectivity index (χ2v) is 8.38. The zero-order valence-electron chi connectivity index (χ0n) is 17.4. The van der Waals surface area contributed by atoms with Gasteiger partial charge in [-0.15, -0.1) is 0 Å². The quantitative estimate of drug-likeness (QED) is 0.262. The second-order valence-electron chi connectivity index (χ2n) is 6.73. The standard InChI is InChI=1S/C21H17F3N4O5S/c1-33-19-5-3-2-4-17(19)27-34(31,32)20-12-16(28(29)30)10-11-18(20)26-25-13-14-6-8-15(9-7-14)21(22,23)24/h2-13,26-27H,1H3/b25-13+. The van der Waals surface area contributed by atoms with E-state index >= 15 is 0 Å². The van der Waals surface area contributed by atoms with E-state index in [2.05, 4.69) is 15.2 Å². The SMILES string of the molecule is COc1ccccc1NS(=O)(=O)c1cc([N+](=O)[O-])ccc1N/N=C/c1ccc(C(F)(F)F)cc1. The third-order valence-corrected chi connectivity index (χ3v) is 5.86. The van der Waals surface area contributed by atoms with Gasteiger partial charge >= 0.3 is 6.18 Å². The highest BCUT2D eigenvalue weighted by atomic mass is 32.2. The van der Waals surface area contributed by atoms with Gasteiger partial charge in [-0.25, -0.2) is 8.42 Å². The molecule has 0 aromatic heterocycles. The highest BCUT2D eigenvalue weighted by molar-refractivity contribution is 7.93. The van der Waals surface area contributed by atoms with E-state index in [-0.39, 0.29) is 17.1 Å². The summed E-state index contributed by atoms with van der Waals surface area (Å²) in [5, 5.41) is 15.0. The summed E-state index contributed by atoms with van der Waals surface area (Å²) in [4.78, 5) is 9.96. The molecule has 3 rings (SSSR count). The topological polar surface area (TPSA) is 123 Å². The lowest BCUT2D eigenvalue weighted by Gasteiger charge is -2.14. The van der Waals surface area contributed by atoms with Crippen LogP contribution < -0.4 is 14.9 Å². The van der Waals surface area contributed by atoms with Crippen LogP contribution in [0.1, 0.15) is 11.1 Å². The van der Waals surface area contributed by atoms with Gasteiger partial charge in [0.2, 0.25) is 0 Å². The van der Waals surface area contributed by atoms with Crippen molar-refractivity contribution in [3.8, 4) is 5.75 Å². The Bertz CT molecular complexity index is 1330. The lowest BCUT2D eigenvalue weighted by Crippen LogP contribution is -2.15. The minimum absolute atomic E-state index is 0.101. The number of hydrogen-bond acceptors (Lipinski definition) is 7. The van der Waals surface area contributed by atoms with E-state index in [1.165, 1.54) is 37.6 Å². The number of hydrogen-bond donors (Lipinski definition) is 2. The van der Waals surface area contributed by atoms with Crippen LogP contribution in [0.3, 0.4) is 0 Å². The summed E-state index contributed by atoms with van der Waals surface area (Å²) in [6, 6.07) is 13.4. The first-order valence-electron chi connectivity index (χ1n) is 9.42. The Labute approximate surface area is 192 Å². The van der Waals surface area contributed by atoms with Gasteiger partial charge < -0.3 is 4.74 Å². The Balaban J connectivity index is 1.91. The van der Waals surface area contributed by atoms with Gasteiger partial charge in [-0.3, -0.25) is 20.3 Å². The molecular weight excluding hydrogens is 477 g/mol. The molecule has 3 aromatic carbocycles. The van der Waals surface area contributed by atoms with Crippen molar-refractivity contribution >= 4 is 33.3 Å². The van der Waals surface area contributed by atoms with E-state index in [1.807, 2.05) is 0 Å². The lowest BCUT2D eigenvalue weighted by atomic mass is 10.1. The first-order valence-corrected chi connectivity index (χ1v) is 10.9. The number of sulfonamides is 1. The minimum atomic E-state index is -4.48. The Hall–Kier alpha value is -4.13. The molecule has 0 heterocycles. The molecule has 0 spiro atoms. The number of ether oxygens (including phenoxy) is 1. The molecule has 0 atom stereocenters. The zero-order chi connectivity index (χ0) is 24.9. The summed E-state index contributed by atoms with van der Waals surface area (Å²) in [5.41, 5.74) is 1.47. The number of alkyl halides is 3. The predicted molar refractivity (Wildman–Crippen MR) is 120 cm³/mol. The summed E-state index contributed by atoms with van der Waals surface area (Å²) < 4.78 is 71.6. The van der Waals surface area contributed by atoms with Crippen molar-refractivity contribution in [3.63, 3.8) is 0 Å². The number of nitro groups is 1. The van der Waals surface area contributed by atoms with Gasteiger partial charge in [0.25, 0.3) is 15.7 Å². The number of benzene rings is 3. The van der Waals surface area contributed by atoms with Gasteiger partial charge in [0.05, 0.1) is 35.2 Å². The van der Waals surface area contributed by atoms with Crippen LogP contribution >= 0.6 is 0 Å². The van der Waals surface area contributed by atoms with Crippen molar-refractivity contribution in [1.29, 1.82) is 0 Å². The maximum Gasteiger partial charge on any atom is 0.416 e. The van der Waals surface area contributed by atoms with E-state index in [4.69, 9.17) is 4.74 Å². The number of hydrazone groups is 1. The van der Waals surface area contributed by atoms with Gasteiger partial charge in [0, 0.05) is 12.1 Å². The Kier molecular flexibility index (Phi) is 7.05. The van der Waals surface area contributed by atoms with Crippen LogP contribution in [0.2, 0.25) is 0 Å². The molecule has 9 nitrogen and oxygen atoms in total. The molecule has 3 aromatic rings. The monoisotopic (exact) mass is 494 g/mol. The molecule has 2 N–H and O–H groups in total. The van der Waals surface area contributed by atoms with E-state index in [1.54, 1.807) is 12.1 Å². The Morgan fingerprint density at radius 1 is 1.03 bits per heavy atom. The highest BCUT2D eigenvalue weighted by Gasteiger charge is 2.29. The fourth-order valence-electron chi connectivity index (χ4n) is 2.80. The third-order valence-electron chi connectivity index (χ3n) is 4.45.